The molecule has 0 aliphatic carbocycles. The lowest BCUT2D eigenvalue weighted by Gasteiger charge is -1.98. The predicted molar refractivity (Wildman–Crippen MR) is 70.0 cm³/mol. The first kappa shape index (κ1) is 13.1. The van der Waals surface area contributed by atoms with Gasteiger partial charge in [-0.25, -0.2) is 9.97 Å². The minimum atomic E-state index is 0.242. The Bertz CT molecular complexity index is 521. The van der Waals surface area contributed by atoms with Gasteiger partial charge in [0.15, 0.2) is 0 Å². The van der Waals surface area contributed by atoms with Crippen LogP contribution in [0.15, 0.2) is 18.6 Å². The standard InChI is InChI=1S/C12H16N6O/c13-12-14-7-10(8-15-12)11-9-18(17-16-11)5-3-1-2-4-6-19/h6-9H,1-5H2,(H2,13,14,15). The van der Waals surface area contributed by atoms with Crippen LogP contribution in [0, 0.1) is 0 Å². The third-order valence-corrected chi connectivity index (χ3v) is 2.72. The zero-order chi connectivity index (χ0) is 13.5. The first-order valence-electron chi connectivity index (χ1n) is 6.21. The van der Waals surface area contributed by atoms with E-state index in [9.17, 15) is 4.79 Å². The summed E-state index contributed by atoms with van der Waals surface area (Å²) in [5.74, 6) is 0.242. The zero-order valence-electron chi connectivity index (χ0n) is 10.6. The second-order valence-electron chi connectivity index (χ2n) is 4.21. The van der Waals surface area contributed by atoms with E-state index in [1.54, 1.807) is 17.1 Å². The molecule has 2 aromatic heterocycles. The number of nitrogen functional groups attached to an aromatic ring is 1. The smallest absolute Gasteiger partial charge is 0.219 e. The van der Waals surface area contributed by atoms with E-state index in [4.69, 9.17) is 5.73 Å². The number of hydrogen-bond acceptors (Lipinski definition) is 6. The molecule has 2 rings (SSSR count). The third-order valence-electron chi connectivity index (χ3n) is 2.72. The highest BCUT2D eigenvalue weighted by Gasteiger charge is 2.04. The molecule has 19 heavy (non-hydrogen) atoms. The summed E-state index contributed by atoms with van der Waals surface area (Å²) in [4.78, 5) is 18.0. The van der Waals surface area contributed by atoms with Crippen LogP contribution in [0.1, 0.15) is 25.7 Å². The van der Waals surface area contributed by atoms with Crippen molar-refractivity contribution in [2.45, 2.75) is 32.2 Å². The third kappa shape index (κ3) is 3.84. The maximum Gasteiger partial charge on any atom is 0.219 e. The molecule has 7 nitrogen and oxygen atoms in total. The van der Waals surface area contributed by atoms with E-state index < -0.39 is 0 Å². The summed E-state index contributed by atoms with van der Waals surface area (Å²) >= 11 is 0. The van der Waals surface area contributed by atoms with Gasteiger partial charge in [0.1, 0.15) is 12.0 Å². The average molecular weight is 260 g/mol. The Labute approximate surface area is 110 Å². The molecule has 0 bridgehead atoms. The van der Waals surface area contributed by atoms with E-state index >= 15 is 0 Å². The maximum atomic E-state index is 10.2. The highest BCUT2D eigenvalue weighted by atomic mass is 16.1. The largest absolute Gasteiger partial charge is 0.368 e. The monoisotopic (exact) mass is 260 g/mol. The van der Waals surface area contributed by atoms with E-state index in [2.05, 4.69) is 20.3 Å². The van der Waals surface area contributed by atoms with Gasteiger partial charge in [-0.2, -0.15) is 0 Å². The molecule has 0 aliphatic heterocycles. The molecule has 100 valence electrons. The molecule has 0 aromatic carbocycles. The number of aldehydes is 1. The van der Waals surface area contributed by atoms with Crippen molar-refractivity contribution in [2.24, 2.45) is 0 Å². The second-order valence-corrected chi connectivity index (χ2v) is 4.21. The Hall–Kier alpha value is -2.31. The summed E-state index contributed by atoms with van der Waals surface area (Å²) < 4.78 is 1.78. The molecule has 0 radical (unpaired) electrons. The number of aryl methyl sites for hydroxylation is 1. The quantitative estimate of drug-likeness (QED) is 0.590. The lowest BCUT2D eigenvalue weighted by Crippen LogP contribution is -1.98. The Morgan fingerprint density at radius 3 is 2.74 bits per heavy atom. The topological polar surface area (TPSA) is 99.6 Å². The van der Waals surface area contributed by atoms with Gasteiger partial charge in [-0.15, -0.1) is 5.10 Å². The van der Waals surface area contributed by atoms with Gasteiger partial charge in [-0.3, -0.25) is 4.68 Å². The minimum absolute atomic E-state index is 0.242. The van der Waals surface area contributed by atoms with E-state index in [1.807, 2.05) is 6.20 Å². The second kappa shape index (κ2) is 6.58. The van der Waals surface area contributed by atoms with Gasteiger partial charge < -0.3 is 10.5 Å². The molecular formula is C12H16N6O. The molecular weight excluding hydrogens is 244 g/mol. The molecule has 0 unspecified atom stereocenters. The lowest BCUT2D eigenvalue weighted by molar-refractivity contribution is -0.107. The van der Waals surface area contributed by atoms with Crippen LogP contribution in [0.4, 0.5) is 5.95 Å². The fourth-order valence-corrected chi connectivity index (χ4v) is 1.69. The van der Waals surface area contributed by atoms with E-state index in [-0.39, 0.29) is 5.95 Å². The Morgan fingerprint density at radius 2 is 2.00 bits per heavy atom. The summed E-state index contributed by atoms with van der Waals surface area (Å²) in [6.45, 7) is 0.793. The van der Waals surface area contributed by atoms with Gasteiger partial charge in [-0.05, 0) is 12.8 Å². The van der Waals surface area contributed by atoms with Crippen LogP contribution >= 0.6 is 0 Å². The molecule has 0 spiro atoms. The van der Waals surface area contributed by atoms with Crippen molar-refractivity contribution in [3.8, 4) is 11.3 Å². The number of unbranched alkanes of at least 4 members (excludes halogenated alkanes) is 3. The van der Waals surface area contributed by atoms with Crippen LogP contribution in [-0.2, 0) is 11.3 Å². The van der Waals surface area contributed by atoms with Crippen LogP contribution in [0.5, 0.6) is 0 Å². The highest BCUT2D eigenvalue weighted by Crippen LogP contribution is 2.14. The van der Waals surface area contributed by atoms with E-state index in [0.29, 0.717) is 6.42 Å². The van der Waals surface area contributed by atoms with E-state index in [0.717, 1.165) is 43.4 Å². The van der Waals surface area contributed by atoms with Crippen LogP contribution in [-0.4, -0.2) is 31.2 Å². The van der Waals surface area contributed by atoms with Crippen molar-refractivity contribution >= 4 is 12.2 Å². The molecule has 0 aliphatic rings. The molecule has 0 atom stereocenters. The molecule has 0 saturated heterocycles. The number of aromatic nitrogens is 5. The van der Waals surface area contributed by atoms with Crippen LogP contribution in [0.25, 0.3) is 11.3 Å². The minimum Gasteiger partial charge on any atom is -0.368 e. The SMILES string of the molecule is Nc1ncc(-c2cn(CCCCCC=O)nn2)cn1. The Kier molecular flexibility index (Phi) is 4.54. The molecule has 0 fully saturated rings. The Morgan fingerprint density at radius 1 is 1.21 bits per heavy atom. The summed E-state index contributed by atoms with van der Waals surface area (Å²) in [7, 11) is 0. The van der Waals surface area contributed by atoms with Crippen LogP contribution in [0.3, 0.4) is 0 Å². The number of carbonyl (C=O) groups excluding carboxylic acids is 1. The number of rotatable bonds is 7. The first-order valence-corrected chi connectivity index (χ1v) is 6.21. The van der Waals surface area contributed by atoms with Gasteiger partial charge in [-0.1, -0.05) is 11.6 Å². The maximum absolute atomic E-state index is 10.2. The molecule has 0 saturated carbocycles. The zero-order valence-corrected chi connectivity index (χ0v) is 10.6. The number of nitrogens with two attached hydrogens (primary N) is 1. The van der Waals surface area contributed by atoms with Crippen molar-refractivity contribution in [3.63, 3.8) is 0 Å². The number of hydrogen-bond donors (Lipinski definition) is 1. The van der Waals surface area contributed by atoms with Crippen molar-refractivity contribution in [3.05, 3.63) is 18.6 Å². The van der Waals surface area contributed by atoms with Gasteiger partial charge >= 0.3 is 0 Å². The van der Waals surface area contributed by atoms with Gasteiger partial charge in [0.2, 0.25) is 5.95 Å². The van der Waals surface area contributed by atoms with Crippen molar-refractivity contribution in [1.82, 2.24) is 25.0 Å². The van der Waals surface area contributed by atoms with Gasteiger partial charge in [0.05, 0.1) is 6.20 Å². The molecule has 2 N–H and O–H groups in total. The number of anilines is 1. The summed E-state index contributed by atoms with van der Waals surface area (Å²) in [5.41, 5.74) is 6.95. The van der Waals surface area contributed by atoms with Crippen molar-refractivity contribution in [2.75, 3.05) is 5.73 Å². The predicted octanol–water partition coefficient (Wildman–Crippen LogP) is 1.08. The average Bonchev–Trinajstić information content (AvgIpc) is 2.88. The van der Waals surface area contributed by atoms with Crippen molar-refractivity contribution in [1.29, 1.82) is 0 Å². The van der Waals surface area contributed by atoms with Crippen molar-refractivity contribution < 1.29 is 4.79 Å². The summed E-state index contributed by atoms with van der Waals surface area (Å²) in [5, 5.41) is 8.11. The molecule has 0 amide bonds. The van der Waals surface area contributed by atoms with Crippen LogP contribution in [0.2, 0.25) is 0 Å². The van der Waals surface area contributed by atoms with Crippen LogP contribution < -0.4 is 5.73 Å². The van der Waals surface area contributed by atoms with Gasteiger partial charge in [0, 0.05) is 30.9 Å². The molecule has 2 aromatic rings. The summed E-state index contributed by atoms with van der Waals surface area (Å²) in [6, 6.07) is 0. The number of nitrogens with zero attached hydrogens (tertiary/aromatic N) is 5. The Balaban J connectivity index is 1.88. The lowest BCUT2D eigenvalue weighted by atomic mass is 10.2. The first-order chi connectivity index (χ1) is 9.29. The van der Waals surface area contributed by atoms with Gasteiger partial charge in [0.25, 0.3) is 0 Å². The molecule has 7 heteroatoms. The number of carbonyl (C=O) groups is 1. The molecule has 2 heterocycles. The fourth-order valence-electron chi connectivity index (χ4n) is 1.69. The summed E-state index contributed by atoms with van der Waals surface area (Å²) in [6.07, 6.45) is 9.61. The highest BCUT2D eigenvalue weighted by molar-refractivity contribution is 5.55. The van der Waals surface area contributed by atoms with E-state index in [1.165, 1.54) is 0 Å². The fraction of sp³-hybridized carbons (Fsp3) is 0.417. The normalized spacial score (nSPS) is 10.5.